The molecule has 4 aromatic rings. The zero-order valence-electron chi connectivity index (χ0n) is 28.3. The molecule has 0 saturated carbocycles. The van der Waals surface area contributed by atoms with E-state index in [1.807, 2.05) is 6.92 Å². The smallest absolute Gasteiger partial charge is 0.480 e. The van der Waals surface area contributed by atoms with Crippen LogP contribution in [0.3, 0.4) is 0 Å². The maximum atomic E-state index is 14.4. The Labute approximate surface area is 301 Å². The van der Waals surface area contributed by atoms with Crippen LogP contribution in [-0.4, -0.2) is 67.7 Å². The van der Waals surface area contributed by atoms with Gasteiger partial charge in [0.1, 0.15) is 36.3 Å². The first kappa shape index (κ1) is 39.0. The summed E-state index contributed by atoms with van der Waals surface area (Å²) in [4.78, 5) is 36.6. The molecular formula is C34H36F3N6O9P. The fourth-order valence-electron chi connectivity index (χ4n) is 5.54. The molecule has 0 bridgehead atoms. The van der Waals surface area contributed by atoms with Crippen LogP contribution in [0.5, 0.6) is 5.75 Å². The Kier molecular flexibility index (Phi) is 12.6. The molecule has 282 valence electrons. The number of hydrogen-bond donors (Lipinski definition) is 3. The first-order valence-electron chi connectivity index (χ1n) is 16.4. The van der Waals surface area contributed by atoms with Gasteiger partial charge in [-0.2, -0.15) is 19.4 Å². The first-order valence-corrected chi connectivity index (χ1v) is 18.0. The summed E-state index contributed by atoms with van der Waals surface area (Å²) in [6, 6.07) is 8.21. The number of carboxylic acids is 1. The molecule has 1 aliphatic rings. The number of nitrogens with two attached hydrogens (primary N) is 1. The molecule has 0 amide bonds. The minimum Gasteiger partial charge on any atom is -0.480 e. The van der Waals surface area contributed by atoms with Crippen molar-refractivity contribution < 1.29 is 55.7 Å². The number of imidazole rings is 1. The van der Waals surface area contributed by atoms with Crippen molar-refractivity contribution in [2.45, 2.75) is 69.4 Å². The van der Waals surface area contributed by atoms with Gasteiger partial charge in [-0.25, -0.2) is 23.1 Å². The van der Waals surface area contributed by atoms with Crippen molar-refractivity contribution in [3.05, 3.63) is 78.1 Å². The predicted molar refractivity (Wildman–Crippen MR) is 182 cm³/mol. The summed E-state index contributed by atoms with van der Waals surface area (Å²) < 4.78 is 86.4. The lowest BCUT2D eigenvalue weighted by Crippen LogP contribution is -2.46. The van der Waals surface area contributed by atoms with Crippen molar-refractivity contribution in [3.8, 4) is 18.1 Å². The van der Waals surface area contributed by atoms with Crippen molar-refractivity contribution in [1.82, 2.24) is 24.6 Å². The Morgan fingerprint density at radius 1 is 1.17 bits per heavy atom. The van der Waals surface area contributed by atoms with E-state index in [0.717, 1.165) is 31.4 Å². The third kappa shape index (κ3) is 9.82. The van der Waals surface area contributed by atoms with Crippen LogP contribution in [0.15, 0.2) is 54.9 Å². The minimum atomic E-state index is -4.81. The topological polar surface area (TPSA) is 199 Å². The number of nitrogens with one attached hydrogen (secondary N) is 1. The van der Waals surface area contributed by atoms with Crippen molar-refractivity contribution >= 4 is 36.9 Å². The maximum Gasteiger partial charge on any atom is 0.508 e. The lowest BCUT2D eigenvalue weighted by atomic mass is 9.99. The summed E-state index contributed by atoms with van der Waals surface area (Å²) in [5, 5.41) is 12.4. The molecule has 0 radical (unpaired) electrons. The number of ether oxygens (including phenoxy) is 3. The SMILES string of the molecule is C#C[C@]1(CO[P@@](=O)(NC(Cc2cc(F)cc(F)c2)C(=O)O)Oc2ccccc2)O[C@@H](n2cnc3c(N)nc(F)nc32)C[C@@H]1OC(=O)OCCCCCC. The van der Waals surface area contributed by atoms with Gasteiger partial charge in [-0.1, -0.05) is 50.3 Å². The lowest BCUT2D eigenvalue weighted by Gasteiger charge is -2.31. The molecule has 5 rings (SSSR count). The highest BCUT2D eigenvalue weighted by molar-refractivity contribution is 7.52. The van der Waals surface area contributed by atoms with Crippen LogP contribution in [0.25, 0.3) is 11.2 Å². The van der Waals surface area contributed by atoms with Gasteiger partial charge in [0, 0.05) is 12.5 Å². The average molecular weight is 761 g/mol. The quantitative estimate of drug-likeness (QED) is 0.0389. The third-order valence-corrected chi connectivity index (χ3v) is 9.65. The molecule has 5 atom stereocenters. The summed E-state index contributed by atoms with van der Waals surface area (Å²) in [5.74, 6) is -1.36. The molecule has 15 nitrogen and oxygen atoms in total. The number of nitrogens with zero attached hydrogens (tertiary/aromatic N) is 4. The number of terminal acetylenes is 1. The second-order valence-electron chi connectivity index (χ2n) is 12.0. The van der Waals surface area contributed by atoms with E-state index in [1.165, 1.54) is 23.0 Å². The van der Waals surface area contributed by atoms with Crippen LogP contribution in [0.2, 0.25) is 0 Å². The molecule has 19 heteroatoms. The van der Waals surface area contributed by atoms with Crippen LogP contribution in [0.1, 0.15) is 50.8 Å². The highest BCUT2D eigenvalue weighted by atomic mass is 31.2. The average Bonchev–Trinajstić information content (AvgIpc) is 3.69. The van der Waals surface area contributed by atoms with Crippen molar-refractivity contribution in [2.24, 2.45) is 0 Å². The van der Waals surface area contributed by atoms with Crippen molar-refractivity contribution in [2.75, 3.05) is 18.9 Å². The molecule has 0 spiro atoms. The number of aromatic nitrogens is 4. The number of para-hydroxylation sites is 1. The first-order chi connectivity index (χ1) is 25.3. The molecule has 0 aliphatic carbocycles. The van der Waals surface area contributed by atoms with E-state index in [4.69, 9.17) is 35.4 Å². The molecule has 2 aromatic carbocycles. The largest absolute Gasteiger partial charge is 0.508 e. The second kappa shape index (κ2) is 17.1. The third-order valence-electron chi connectivity index (χ3n) is 8.11. The minimum absolute atomic E-state index is 0.0205. The fraction of sp³-hybridized carbons (Fsp3) is 0.382. The van der Waals surface area contributed by atoms with Crippen molar-refractivity contribution in [1.29, 1.82) is 0 Å². The van der Waals surface area contributed by atoms with Crippen LogP contribution < -0.4 is 15.3 Å². The number of carbonyl (C=O) groups excluding carboxylic acids is 1. The Morgan fingerprint density at radius 2 is 1.91 bits per heavy atom. The maximum absolute atomic E-state index is 14.4. The van der Waals surface area contributed by atoms with Crippen LogP contribution in [-0.2, 0) is 34.5 Å². The number of carboxylic acid groups (broad SMARTS) is 1. The van der Waals surface area contributed by atoms with Crippen LogP contribution in [0, 0.1) is 30.1 Å². The zero-order chi connectivity index (χ0) is 38.2. The van der Waals surface area contributed by atoms with E-state index < -0.39 is 74.6 Å². The molecule has 53 heavy (non-hydrogen) atoms. The summed E-state index contributed by atoms with van der Waals surface area (Å²) in [6.45, 7) is 1.22. The van der Waals surface area contributed by atoms with Crippen LogP contribution >= 0.6 is 7.75 Å². The van der Waals surface area contributed by atoms with Gasteiger partial charge >= 0.3 is 25.9 Å². The monoisotopic (exact) mass is 760 g/mol. The number of fused-ring (bicyclic) bond motifs is 1. The summed E-state index contributed by atoms with van der Waals surface area (Å²) in [6.07, 6.45) is 4.94. The second-order valence-corrected chi connectivity index (χ2v) is 13.7. The number of aliphatic carboxylic acids is 1. The fourth-order valence-corrected chi connectivity index (χ4v) is 7.06. The zero-order valence-corrected chi connectivity index (χ0v) is 29.2. The van der Waals surface area contributed by atoms with E-state index in [0.29, 0.717) is 12.5 Å². The highest BCUT2D eigenvalue weighted by Gasteiger charge is 2.53. The number of nitrogen functional groups attached to an aromatic ring is 1. The van der Waals surface area contributed by atoms with Gasteiger partial charge in [0.15, 0.2) is 28.7 Å². The Balaban J connectivity index is 1.45. The Bertz CT molecular complexity index is 2000. The van der Waals surface area contributed by atoms with E-state index >= 15 is 0 Å². The lowest BCUT2D eigenvalue weighted by molar-refractivity contribution is -0.139. The number of unbranched alkanes of at least 4 members (excludes halogenated alkanes) is 3. The van der Waals surface area contributed by atoms with Gasteiger partial charge in [0.05, 0.1) is 12.9 Å². The van der Waals surface area contributed by atoms with Crippen LogP contribution in [0.4, 0.5) is 23.8 Å². The van der Waals surface area contributed by atoms with E-state index in [2.05, 4.69) is 26.0 Å². The number of benzene rings is 2. The normalized spacial score (nSPS) is 20.0. The van der Waals surface area contributed by atoms with Gasteiger partial charge in [-0.05, 0) is 42.7 Å². The number of anilines is 1. The number of halogens is 3. The van der Waals surface area contributed by atoms with Gasteiger partial charge in [0.2, 0.25) is 0 Å². The summed E-state index contributed by atoms with van der Waals surface area (Å²) >= 11 is 0. The molecule has 2 aromatic heterocycles. The number of hydrogen-bond acceptors (Lipinski definition) is 12. The van der Waals surface area contributed by atoms with E-state index in [1.54, 1.807) is 18.2 Å². The molecule has 3 heterocycles. The molecule has 1 saturated heterocycles. The highest BCUT2D eigenvalue weighted by Crippen LogP contribution is 2.48. The predicted octanol–water partition coefficient (Wildman–Crippen LogP) is 5.71. The molecule has 4 N–H and O–H groups in total. The van der Waals surface area contributed by atoms with Crippen molar-refractivity contribution in [3.63, 3.8) is 0 Å². The molecular weight excluding hydrogens is 724 g/mol. The van der Waals surface area contributed by atoms with E-state index in [9.17, 15) is 32.4 Å². The number of carbonyl (C=O) groups is 2. The standard InChI is InChI=1S/C34H36F3N6O9P/c1-3-5-6-10-13-48-33(46)50-26-18-27(43-20-39-28-29(38)40-32(37)41-30(28)43)51-34(26,4-2)19-49-53(47,52-24-11-8-7-9-12-24)42-25(31(44)45)16-21-14-22(35)17-23(36)15-21/h2,7-9,11-12,14-15,17,20,25-27H,3,5-6,10,13,16,18-19H2,1H3,(H,42,47)(H,44,45)(H2,38,40,41)/t25?,26-,27+,34+,53-/m0/s1. The Hall–Kier alpha value is -5.21. The number of rotatable bonds is 17. The molecule has 1 unspecified atom stereocenters. The summed E-state index contributed by atoms with van der Waals surface area (Å²) in [5.41, 5.74) is 3.64. The van der Waals surface area contributed by atoms with Gasteiger partial charge in [0.25, 0.3) is 0 Å². The molecule has 1 aliphatic heterocycles. The van der Waals surface area contributed by atoms with Gasteiger partial charge in [-0.3, -0.25) is 13.9 Å². The Morgan fingerprint density at radius 3 is 2.58 bits per heavy atom. The molecule has 1 fully saturated rings. The summed E-state index contributed by atoms with van der Waals surface area (Å²) in [7, 11) is -4.81. The van der Waals surface area contributed by atoms with Gasteiger partial charge < -0.3 is 29.6 Å². The van der Waals surface area contributed by atoms with E-state index in [-0.39, 0.29) is 41.3 Å². The van der Waals surface area contributed by atoms with Gasteiger partial charge in [-0.15, -0.1) is 6.42 Å².